The van der Waals surface area contributed by atoms with Crippen LogP contribution in [-0.2, 0) is 0 Å². The highest BCUT2D eigenvalue weighted by Crippen LogP contribution is 2.26. The van der Waals surface area contributed by atoms with Crippen molar-refractivity contribution in [3.05, 3.63) is 57.4 Å². The van der Waals surface area contributed by atoms with Crippen LogP contribution in [0.4, 0.5) is 0 Å². The Bertz CT molecular complexity index is 583. The SMILES string of the molecule is CC(c1ccco1)N(C)C(=O)c1cc(Br)ccc1Cl. The van der Waals surface area contributed by atoms with Crippen LogP contribution in [0.3, 0.4) is 0 Å². The third-order valence-corrected chi connectivity index (χ3v) is 3.84. The van der Waals surface area contributed by atoms with Gasteiger partial charge in [-0.1, -0.05) is 27.5 Å². The Morgan fingerprint density at radius 1 is 1.42 bits per heavy atom. The van der Waals surface area contributed by atoms with Gasteiger partial charge in [-0.2, -0.15) is 0 Å². The number of benzene rings is 1. The van der Waals surface area contributed by atoms with Crippen molar-refractivity contribution >= 4 is 33.4 Å². The molecule has 0 aliphatic carbocycles. The first-order valence-electron chi connectivity index (χ1n) is 5.76. The van der Waals surface area contributed by atoms with Gasteiger partial charge in [-0.15, -0.1) is 0 Å². The van der Waals surface area contributed by atoms with E-state index in [1.165, 1.54) is 0 Å². The molecule has 19 heavy (non-hydrogen) atoms. The van der Waals surface area contributed by atoms with Crippen molar-refractivity contribution in [1.29, 1.82) is 0 Å². The van der Waals surface area contributed by atoms with E-state index >= 15 is 0 Å². The summed E-state index contributed by atoms with van der Waals surface area (Å²) < 4.78 is 6.14. The van der Waals surface area contributed by atoms with E-state index in [-0.39, 0.29) is 11.9 Å². The largest absolute Gasteiger partial charge is 0.467 e. The highest BCUT2D eigenvalue weighted by atomic mass is 79.9. The lowest BCUT2D eigenvalue weighted by Crippen LogP contribution is -2.29. The van der Waals surface area contributed by atoms with Gasteiger partial charge in [0.2, 0.25) is 0 Å². The number of rotatable bonds is 3. The molecule has 0 fully saturated rings. The van der Waals surface area contributed by atoms with Crippen molar-refractivity contribution in [3.63, 3.8) is 0 Å². The monoisotopic (exact) mass is 341 g/mol. The number of hydrogen-bond acceptors (Lipinski definition) is 2. The molecule has 1 aromatic heterocycles. The lowest BCUT2D eigenvalue weighted by molar-refractivity contribution is 0.0726. The second-order valence-corrected chi connectivity index (χ2v) is 5.55. The van der Waals surface area contributed by atoms with E-state index in [0.717, 1.165) is 10.2 Å². The summed E-state index contributed by atoms with van der Waals surface area (Å²) in [6, 6.07) is 8.71. The number of furan rings is 1. The van der Waals surface area contributed by atoms with E-state index < -0.39 is 0 Å². The van der Waals surface area contributed by atoms with E-state index in [2.05, 4.69) is 15.9 Å². The molecule has 0 spiro atoms. The molecule has 1 atom stereocenters. The fourth-order valence-electron chi connectivity index (χ4n) is 1.75. The van der Waals surface area contributed by atoms with Gasteiger partial charge in [0, 0.05) is 11.5 Å². The summed E-state index contributed by atoms with van der Waals surface area (Å²) in [5.41, 5.74) is 0.469. The van der Waals surface area contributed by atoms with Crippen LogP contribution in [0.5, 0.6) is 0 Å². The average molecular weight is 343 g/mol. The molecular formula is C14H13BrClNO2. The van der Waals surface area contributed by atoms with Gasteiger partial charge in [-0.05, 0) is 37.3 Å². The normalized spacial score (nSPS) is 12.2. The van der Waals surface area contributed by atoms with Crippen molar-refractivity contribution in [3.8, 4) is 0 Å². The molecule has 0 radical (unpaired) electrons. The van der Waals surface area contributed by atoms with Gasteiger partial charge >= 0.3 is 0 Å². The van der Waals surface area contributed by atoms with Gasteiger partial charge < -0.3 is 9.32 Å². The molecule has 1 unspecified atom stereocenters. The van der Waals surface area contributed by atoms with Crippen molar-refractivity contribution in [2.75, 3.05) is 7.05 Å². The Morgan fingerprint density at radius 3 is 2.79 bits per heavy atom. The topological polar surface area (TPSA) is 33.5 Å². The first kappa shape index (κ1) is 14.2. The summed E-state index contributed by atoms with van der Waals surface area (Å²) in [6.45, 7) is 1.91. The molecule has 100 valence electrons. The standard InChI is InChI=1S/C14H13BrClNO2/c1-9(13-4-3-7-19-13)17(2)14(18)11-8-10(15)5-6-12(11)16/h3-9H,1-2H3. The van der Waals surface area contributed by atoms with Gasteiger partial charge in [0.1, 0.15) is 5.76 Å². The number of carbonyl (C=O) groups is 1. The third kappa shape index (κ3) is 3.01. The summed E-state index contributed by atoms with van der Waals surface area (Å²) in [6.07, 6.45) is 1.59. The lowest BCUT2D eigenvalue weighted by atomic mass is 10.1. The highest BCUT2D eigenvalue weighted by molar-refractivity contribution is 9.10. The van der Waals surface area contributed by atoms with Crippen LogP contribution in [0.15, 0.2) is 45.5 Å². The van der Waals surface area contributed by atoms with Gasteiger partial charge in [0.15, 0.2) is 0 Å². The van der Waals surface area contributed by atoms with Crippen molar-refractivity contribution in [1.82, 2.24) is 4.90 Å². The van der Waals surface area contributed by atoms with Crippen LogP contribution in [0.25, 0.3) is 0 Å². The Morgan fingerprint density at radius 2 is 2.16 bits per heavy atom. The predicted molar refractivity (Wildman–Crippen MR) is 78.4 cm³/mol. The average Bonchev–Trinajstić information content (AvgIpc) is 2.93. The second kappa shape index (κ2) is 5.80. The van der Waals surface area contributed by atoms with Gasteiger partial charge in [0.25, 0.3) is 5.91 Å². The van der Waals surface area contributed by atoms with Crippen molar-refractivity contribution in [2.24, 2.45) is 0 Å². The molecule has 5 heteroatoms. The third-order valence-electron chi connectivity index (χ3n) is 3.02. The van der Waals surface area contributed by atoms with Crippen LogP contribution >= 0.6 is 27.5 Å². The fraction of sp³-hybridized carbons (Fsp3) is 0.214. The maximum absolute atomic E-state index is 12.4. The van der Waals surface area contributed by atoms with E-state index in [4.69, 9.17) is 16.0 Å². The molecule has 0 aliphatic rings. The summed E-state index contributed by atoms with van der Waals surface area (Å²) in [5, 5.41) is 0.437. The minimum absolute atomic E-state index is 0.143. The maximum Gasteiger partial charge on any atom is 0.255 e. The summed E-state index contributed by atoms with van der Waals surface area (Å²) in [5.74, 6) is 0.595. The molecule has 2 aromatic rings. The number of amides is 1. The van der Waals surface area contributed by atoms with Crippen LogP contribution in [-0.4, -0.2) is 17.9 Å². The predicted octanol–water partition coefficient (Wildman–Crippen LogP) is 4.53. The Kier molecular flexibility index (Phi) is 4.32. The molecular weight excluding hydrogens is 330 g/mol. The molecule has 3 nitrogen and oxygen atoms in total. The number of hydrogen-bond donors (Lipinski definition) is 0. The summed E-state index contributed by atoms with van der Waals surface area (Å²) >= 11 is 9.41. The highest BCUT2D eigenvalue weighted by Gasteiger charge is 2.22. The van der Waals surface area contributed by atoms with Crippen LogP contribution < -0.4 is 0 Å². The molecule has 0 saturated carbocycles. The van der Waals surface area contributed by atoms with Gasteiger partial charge in [-0.3, -0.25) is 4.79 Å². The fourth-order valence-corrected chi connectivity index (χ4v) is 2.31. The van der Waals surface area contributed by atoms with Crippen molar-refractivity contribution < 1.29 is 9.21 Å². The Hall–Kier alpha value is -1.26. The number of nitrogens with zero attached hydrogens (tertiary/aromatic N) is 1. The lowest BCUT2D eigenvalue weighted by Gasteiger charge is -2.23. The van der Waals surface area contributed by atoms with Crippen LogP contribution in [0.1, 0.15) is 29.1 Å². The zero-order valence-corrected chi connectivity index (χ0v) is 12.9. The first-order chi connectivity index (χ1) is 9.00. The zero-order valence-electron chi connectivity index (χ0n) is 10.6. The Balaban J connectivity index is 2.26. The molecule has 1 heterocycles. The molecule has 0 aliphatic heterocycles. The van der Waals surface area contributed by atoms with Crippen LogP contribution in [0, 0.1) is 0 Å². The molecule has 1 aromatic carbocycles. The molecule has 0 bridgehead atoms. The van der Waals surface area contributed by atoms with E-state index in [9.17, 15) is 4.79 Å². The quantitative estimate of drug-likeness (QED) is 0.821. The van der Waals surface area contributed by atoms with Gasteiger partial charge in [0.05, 0.1) is 22.9 Å². The smallest absolute Gasteiger partial charge is 0.255 e. The first-order valence-corrected chi connectivity index (χ1v) is 6.93. The minimum Gasteiger partial charge on any atom is -0.467 e. The van der Waals surface area contributed by atoms with E-state index in [0.29, 0.717) is 10.6 Å². The molecule has 0 N–H and O–H groups in total. The zero-order chi connectivity index (χ0) is 14.0. The molecule has 2 rings (SSSR count). The second-order valence-electron chi connectivity index (χ2n) is 4.23. The number of halogens is 2. The maximum atomic E-state index is 12.4. The number of carbonyl (C=O) groups excluding carboxylic acids is 1. The summed E-state index contributed by atoms with van der Waals surface area (Å²) in [7, 11) is 1.73. The Labute approximate surface area is 125 Å². The molecule has 0 saturated heterocycles. The molecule has 1 amide bonds. The minimum atomic E-state index is -0.155. The van der Waals surface area contributed by atoms with Crippen molar-refractivity contribution in [2.45, 2.75) is 13.0 Å². The van der Waals surface area contributed by atoms with E-state index in [1.807, 2.05) is 13.0 Å². The van der Waals surface area contributed by atoms with E-state index in [1.54, 1.807) is 42.5 Å². The van der Waals surface area contributed by atoms with Crippen LogP contribution in [0.2, 0.25) is 5.02 Å². The summed E-state index contributed by atoms with van der Waals surface area (Å²) in [4.78, 5) is 14.0. The van der Waals surface area contributed by atoms with Gasteiger partial charge in [-0.25, -0.2) is 0 Å².